The predicted octanol–water partition coefficient (Wildman–Crippen LogP) is 2.88. The van der Waals surface area contributed by atoms with Crippen molar-refractivity contribution < 1.29 is 9.50 Å². The number of aromatic amines is 1. The van der Waals surface area contributed by atoms with Gasteiger partial charge in [-0.1, -0.05) is 29.8 Å². The first kappa shape index (κ1) is 16.2. The number of nitrogens with one attached hydrogen (secondary N) is 3. The van der Waals surface area contributed by atoms with E-state index < -0.39 is 11.9 Å². The lowest BCUT2D eigenvalue weighted by molar-refractivity contribution is 0.273. The van der Waals surface area contributed by atoms with Crippen molar-refractivity contribution in [2.24, 2.45) is 0 Å². The fourth-order valence-corrected chi connectivity index (χ4v) is 2.27. The highest BCUT2D eigenvalue weighted by Gasteiger charge is 2.17. The van der Waals surface area contributed by atoms with E-state index in [-0.39, 0.29) is 23.4 Å². The molecule has 0 aliphatic carbocycles. The van der Waals surface area contributed by atoms with E-state index in [1.807, 2.05) is 0 Å². The van der Waals surface area contributed by atoms with Gasteiger partial charge >= 0.3 is 0 Å². The molecule has 0 radical (unpaired) electrons. The first-order valence-corrected chi connectivity index (χ1v) is 7.45. The minimum Gasteiger partial charge on any atom is -0.394 e. The third-order valence-corrected chi connectivity index (χ3v) is 3.55. The predicted molar refractivity (Wildman–Crippen MR) is 88.8 cm³/mol. The van der Waals surface area contributed by atoms with Crippen LogP contribution in [0.15, 0.2) is 42.9 Å². The molecular weight excluding hydrogens is 335 g/mol. The zero-order valence-corrected chi connectivity index (χ0v) is 13.1. The molecule has 124 valence electrons. The van der Waals surface area contributed by atoms with Gasteiger partial charge in [0.25, 0.3) is 0 Å². The summed E-state index contributed by atoms with van der Waals surface area (Å²) in [6.07, 6.45) is 4.62. The molecule has 0 amide bonds. The Morgan fingerprint density at radius 1 is 1.29 bits per heavy atom. The molecule has 4 N–H and O–H groups in total. The summed E-state index contributed by atoms with van der Waals surface area (Å²) in [5.41, 5.74) is 0.995. The van der Waals surface area contributed by atoms with E-state index in [0.717, 1.165) is 0 Å². The average molecular weight is 349 g/mol. The van der Waals surface area contributed by atoms with Crippen LogP contribution in [0.1, 0.15) is 11.6 Å². The summed E-state index contributed by atoms with van der Waals surface area (Å²) in [6, 6.07) is 5.49. The van der Waals surface area contributed by atoms with Crippen molar-refractivity contribution in [1.29, 1.82) is 0 Å². The molecule has 0 spiro atoms. The van der Waals surface area contributed by atoms with Gasteiger partial charge in [0.1, 0.15) is 10.8 Å². The zero-order chi connectivity index (χ0) is 16.9. The van der Waals surface area contributed by atoms with Crippen LogP contribution in [0, 0.1) is 5.82 Å². The fraction of sp³-hybridized carbons (Fsp3) is 0.133. The molecule has 7 nitrogen and oxygen atoms in total. The lowest BCUT2D eigenvalue weighted by Gasteiger charge is -2.19. The maximum absolute atomic E-state index is 13.9. The van der Waals surface area contributed by atoms with Gasteiger partial charge < -0.3 is 15.7 Å². The Morgan fingerprint density at radius 3 is 2.83 bits per heavy atom. The highest BCUT2D eigenvalue weighted by molar-refractivity contribution is 6.32. The minimum absolute atomic E-state index is 0.252. The second-order valence-corrected chi connectivity index (χ2v) is 5.31. The van der Waals surface area contributed by atoms with Crippen LogP contribution in [-0.4, -0.2) is 31.9 Å². The van der Waals surface area contributed by atoms with Crippen LogP contribution in [0.2, 0.25) is 5.02 Å². The molecule has 3 aromatic rings. The number of aliphatic hydroxyl groups excluding tert-OH is 1. The monoisotopic (exact) mass is 348 g/mol. The van der Waals surface area contributed by atoms with Crippen molar-refractivity contribution in [3.8, 4) is 0 Å². The average Bonchev–Trinajstić information content (AvgIpc) is 3.09. The molecule has 0 unspecified atom stereocenters. The summed E-state index contributed by atoms with van der Waals surface area (Å²) in [6.45, 7) is -0.328. The standard InChI is InChI=1S/C15H14ClFN6O/c16-11-7-18-15(21-9-5-19-20-6-9)23-14(11)22-13(8-24)10-3-1-2-4-12(10)17/h1-7,13,24H,8H2,(H,19,20)(H2,18,21,22,23)/t13-/m1/s1. The van der Waals surface area contributed by atoms with Crippen molar-refractivity contribution in [1.82, 2.24) is 20.2 Å². The van der Waals surface area contributed by atoms with Gasteiger partial charge in [-0.05, 0) is 6.07 Å². The molecule has 1 atom stereocenters. The summed E-state index contributed by atoms with van der Waals surface area (Å²) in [5.74, 6) is 0.138. The van der Waals surface area contributed by atoms with Gasteiger partial charge in [-0.25, -0.2) is 9.37 Å². The molecule has 0 saturated heterocycles. The Labute approximate surface area is 141 Å². The third-order valence-electron chi connectivity index (χ3n) is 3.27. The fourth-order valence-electron chi connectivity index (χ4n) is 2.12. The van der Waals surface area contributed by atoms with Gasteiger partial charge in [-0.15, -0.1) is 0 Å². The Balaban J connectivity index is 1.84. The minimum atomic E-state index is -0.694. The van der Waals surface area contributed by atoms with E-state index in [4.69, 9.17) is 11.6 Å². The summed E-state index contributed by atoms with van der Waals surface area (Å²) in [5, 5.41) is 22.2. The quantitative estimate of drug-likeness (QED) is 0.546. The Morgan fingerprint density at radius 2 is 2.12 bits per heavy atom. The van der Waals surface area contributed by atoms with Crippen molar-refractivity contribution in [3.05, 3.63) is 59.3 Å². The molecule has 24 heavy (non-hydrogen) atoms. The van der Waals surface area contributed by atoms with Crippen LogP contribution in [-0.2, 0) is 0 Å². The van der Waals surface area contributed by atoms with Crippen LogP contribution < -0.4 is 10.6 Å². The Bertz CT molecular complexity index is 813. The van der Waals surface area contributed by atoms with Gasteiger partial charge in [0.05, 0.1) is 30.7 Å². The summed E-state index contributed by atoms with van der Waals surface area (Å²) in [4.78, 5) is 8.31. The molecule has 2 heterocycles. The number of hydrogen-bond acceptors (Lipinski definition) is 6. The molecule has 9 heteroatoms. The molecular formula is C15H14ClFN6O. The van der Waals surface area contributed by atoms with Crippen molar-refractivity contribution in [3.63, 3.8) is 0 Å². The molecule has 1 aromatic carbocycles. The summed E-state index contributed by atoms with van der Waals surface area (Å²) < 4.78 is 13.9. The highest BCUT2D eigenvalue weighted by atomic mass is 35.5. The van der Waals surface area contributed by atoms with E-state index in [1.54, 1.807) is 30.6 Å². The molecule has 0 aliphatic rings. The Kier molecular flexibility index (Phi) is 4.88. The largest absolute Gasteiger partial charge is 0.394 e. The topological polar surface area (TPSA) is 98.7 Å². The van der Waals surface area contributed by atoms with Gasteiger partial charge in [-0.3, -0.25) is 5.10 Å². The Hall–Kier alpha value is -2.71. The maximum atomic E-state index is 13.9. The number of anilines is 3. The van der Waals surface area contributed by atoms with E-state index in [2.05, 4.69) is 30.8 Å². The molecule has 0 fully saturated rings. The number of rotatable bonds is 6. The van der Waals surface area contributed by atoms with E-state index in [1.165, 1.54) is 12.3 Å². The molecule has 0 bridgehead atoms. The molecule has 0 aliphatic heterocycles. The second kappa shape index (κ2) is 7.24. The number of H-pyrrole nitrogens is 1. The summed E-state index contributed by atoms with van der Waals surface area (Å²) in [7, 11) is 0. The van der Waals surface area contributed by atoms with Gasteiger partial charge in [0.15, 0.2) is 5.82 Å². The molecule has 2 aromatic heterocycles. The van der Waals surface area contributed by atoms with E-state index in [9.17, 15) is 9.50 Å². The second-order valence-electron chi connectivity index (χ2n) is 4.90. The zero-order valence-electron chi connectivity index (χ0n) is 12.4. The van der Waals surface area contributed by atoms with Crippen LogP contribution >= 0.6 is 11.6 Å². The number of aliphatic hydroxyl groups is 1. The number of halogens is 2. The van der Waals surface area contributed by atoms with Crippen molar-refractivity contribution in [2.75, 3.05) is 17.2 Å². The van der Waals surface area contributed by atoms with Crippen molar-refractivity contribution >= 4 is 29.1 Å². The number of aromatic nitrogens is 4. The number of nitrogens with zero attached hydrogens (tertiary/aromatic N) is 3. The smallest absolute Gasteiger partial charge is 0.229 e. The van der Waals surface area contributed by atoms with Crippen molar-refractivity contribution in [2.45, 2.75) is 6.04 Å². The SMILES string of the molecule is OC[C@@H](Nc1nc(Nc2cn[nH]c2)ncc1Cl)c1ccccc1F. The van der Waals surface area contributed by atoms with Gasteiger partial charge in [0, 0.05) is 11.8 Å². The molecule has 3 rings (SSSR count). The van der Waals surface area contributed by atoms with Crippen LogP contribution in [0.25, 0.3) is 0 Å². The van der Waals surface area contributed by atoms with Gasteiger partial charge in [-0.2, -0.15) is 10.1 Å². The first-order chi connectivity index (χ1) is 11.7. The molecule has 0 saturated carbocycles. The third kappa shape index (κ3) is 3.61. The highest BCUT2D eigenvalue weighted by Crippen LogP contribution is 2.26. The first-order valence-electron chi connectivity index (χ1n) is 7.07. The van der Waals surface area contributed by atoms with Crippen LogP contribution in [0.4, 0.5) is 21.8 Å². The maximum Gasteiger partial charge on any atom is 0.229 e. The van der Waals surface area contributed by atoms with Crippen LogP contribution in [0.3, 0.4) is 0 Å². The summed E-state index contributed by atoms with van der Waals surface area (Å²) >= 11 is 6.10. The lowest BCUT2D eigenvalue weighted by Crippen LogP contribution is -2.17. The number of benzene rings is 1. The number of hydrogen-bond donors (Lipinski definition) is 4. The lowest BCUT2D eigenvalue weighted by atomic mass is 10.1. The van der Waals surface area contributed by atoms with E-state index >= 15 is 0 Å². The van der Waals surface area contributed by atoms with Crippen LogP contribution in [0.5, 0.6) is 0 Å². The van der Waals surface area contributed by atoms with Gasteiger partial charge in [0.2, 0.25) is 5.95 Å². The normalized spacial score (nSPS) is 12.0. The van der Waals surface area contributed by atoms with E-state index in [0.29, 0.717) is 11.3 Å².